The van der Waals surface area contributed by atoms with E-state index >= 15 is 0 Å². The molecule has 5 heteroatoms. The van der Waals surface area contributed by atoms with Crippen molar-refractivity contribution in [3.05, 3.63) is 23.8 Å². The number of hydrogen-bond donors (Lipinski definition) is 0. The third-order valence-electron chi connectivity index (χ3n) is 3.48. The minimum atomic E-state index is -0.590. The SMILES string of the molecule is CC(C)CCN1C(=O)COc2ccc(C(=O)C(C)Cl)cc21. The summed E-state index contributed by atoms with van der Waals surface area (Å²) in [4.78, 5) is 25.8. The van der Waals surface area contributed by atoms with E-state index in [9.17, 15) is 9.59 Å². The second-order valence-corrected chi connectivity index (χ2v) is 6.33. The zero-order valence-corrected chi connectivity index (χ0v) is 13.3. The highest BCUT2D eigenvalue weighted by atomic mass is 35.5. The van der Waals surface area contributed by atoms with Gasteiger partial charge in [-0.05, 0) is 37.5 Å². The van der Waals surface area contributed by atoms with E-state index < -0.39 is 5.38 Å². The molecule has 0 spiro atoms. The molecule has 1 aliphatic heterocycles. The molecule has 0 radical (unpaired) electrons. The normalized spacial score (nSPS) is 15.7. The predicted molar refractivity (Wildman–Crippen MR) is 83.4 cm³/mol. The topological polar surface area (TPSA) is 46.6 Å². The van der Waals surface area contributed by atoms with Crippen molar-refractivity contribution >= 4 is 29.0 Å². The van der Waals surface area contributed by atoms with E-state index in [4.69, 9.17) is 16.3 Å². The van der Waals surface area contributed by atoms with Crippen LogP contribution in [0.3, 0.4) is 0 Å². The van der Waals surface area contributed by atoms with Gasteiger partial charge in [0.15, 0.2) is 12.4 Å². The number of ketones is 1. The van der Waals surface area contributed by atoms with Gasteiger partial charge >= 0.3 is 0 Å². The average Bonchev–Trinajstić information content (AvgIpc) is 2.44. The first-order chi connectivity index (χ1) is 9.90. The molecule has 4 nitrogen and oxygen atoms in total. The van der Waals surface area contributed by atoms with Gasteiger partial charge in [-0.2, -0.15) is 0 Å². The van der Waals surface area contributed by atoms with Gasteiger partial charge in [-0.3, -0.25) is 9.59 Å². The van der Waals surface area contributed by atoms with E-state index in [2.05, 4.69) is 13.8 Å². The Morgan fingerprint density at radius 2 is 2.10 bits per heavy atom. The maximum Gasteiger partial charge on any atom is 0.265 e. The van der Waals surface area contributed by atoms with Crippen molar-refractivity contribution in [1.29, 1.82) is 0 Å². The highest BCUT2D eigenvalue weighted by molar-refractivity contribution is 6.33. The van der Waals surface area contributed by atoms with Crippen LogP contribution < -0.4 is 9.64 Å². The highest BCUT2D eigenvalue weighted by Gasteiger charge is 2.26. The zero-order chi connectivity index (χ0) is 15.6. The maximum atomic E-state index is 12.1. The first-order valence-corrected chi connectivity index (χ1v) is 7.59. The number of carbonyl (C=O) groups is 2. The summed E-state index contributed by atoms with van der Waals surface area (Å²) >= 11 is 5.85. The number of ether oxygens (including phenoxy) is 1. The minimum Gasteiger partial charge on any atom is -0.482 e. The van der Waals surface area contributed by atoms with Crippen molar-refractivity contribution < 1.29 is 14.3 Å². The van der Waals surface area contributed by atoms with Crippen LogP contribution in [0, 0.1) is 5.92 Å². The van der Waals surface area contributed by atoms with Crippen LogP contribution in [0.2, 0.25) is 0 Å². The van der Waals surface area contributed by atoms with E-state index in [1.165, 1.54) is 0 Å². The van der Waals surface area contributed by atoms with Gasteiger partial charge in [0.05, 0.1) is 11.1 Å². The molecule has 1 aromatic rings. The Morgan fingerprint density at radius 3 is 2.71 bits per heavy atom. The summed E-state index contributed by atoms with van der Waals surface area (Å²) in [6.45, 7) is 6.54. The number of benzene rings is 1. The van der Waals surface area contributed by atoms with E-state index in [0.29, 0.717) is 29.5 Å². The molecule has 114 valence electrons. The van der Waals surface area contributed by atoms with Crippen molar-refractivity contribution in [3.8, 4) is 5.75 Å². The van der Waals surface area contributed by atoms with Crippen molar-refractivity contribution in [2.45, 2.75) is 32.6 Å². The van der Waals surface area contributed by atoms with Crippen LogP contribution in [-0.4, -0.2) is 30.2 Å². The molecule has 0 aromatic heterocycles. The van der Waals surface area contributed by atoms with Crippen LogP contribution in [0.1, 0.15) is 37.6 Å². The van der Waals surface area contributed by atoms with Crippen LogP contribution in [0.5, 0.6) is 5.75 Å². The quantitative estimate of drug-likeness (QED) is 0.619. The summed E-state index contributed by atoms with van der Waals surface area (Å²) in [7, 11) is 0. The zero-order valence-electron chi connectivity index (χ0n) is 12.6. The fourth-order valence-corrected chi connectivity index (χ4v) is 2.34. The van der Waals surface area contributed by atoms with E-state index in [1.807, 2.05) is 0 Å². The Labute approximate surface area is 130 Å². The van der Waals surface area contributed by atoms with E-state index in [-0.39, 0.29) is 18.3 Å². The lowest BCUT2D eigenvalue weighted by Crippen LogP contribution is -2.40. The Morgan fingerprint density at radius 1 is 1.38 bits per heavy atom. The largest absolute Gasteiger partial charge is 0.482 e. The Kier molecular flexibility index (Phi) is 4.88. The number of alkyl halides is 1. The number of fused-ring (bicyclic) bond motifs is 1. The fourth-order valence-electron chi connectivity index (χ4n) is 2.22. The Bertz CT molecular complexity index is 554. The number of rotatable bonds is 5. The second kappa shape index (κ2) is 6.48. The number of amides is 1. The first-order valence-electron chi connectivity index (χ1n) is 7.15. The lowest BCUT2D eigenvalue weighted by Gasteiger charge is -2.30. The van der Waals surface area contributed by atoms with E-state index in [1.54, 1.807) is 30.0 Å². The van der Waals surface area contributed by atoms with Crippen molar-refractivity contribution in [3.63, 3.8) is 0 Å². The van der Waals surface area contributed by atoms with Crippen LogP contribution >= 0.6 is 11.6 Å². The van der Waals surface area contributed by atoms with Crippen molar-refractivity contribution in [1.82, 2.24) is 0 Å². The number of hydrogen-bond acceptors (Lipinski definition) is 3. The molecule has 1 unspecified atom stereocenters. The molecular formula is C16H20ClNO3. The molecule has 0 saturated carbocycles. The Balaban J connectivity index is 2.33. The molecule has 1 heterocycles. The molecule has 1 aliphatic rings. The average molecular weight is 310 g/mol. The monoisotopic (exact) mass is 309 g/mol. The Hall–Kier alpha value is -1.55. The van der Waals surface area contributed by atoms with E-state index in [0.717, 1.165) is 6.42 Å². The fraction of sp³-hybridized carbons (Fsp3) is 0.500. The summed E-state index contributed by atoms with van der Waals surface area (Å²) < 4.78 is 5.43. The molecule has 0 N–H and O–H groups in total. The summed E-state index contributed by atoms with van der Waals surface area (Å²) in [5.41, 5.74) is 1.17. The lowest BCUT2D eigenvalue weighted by atomic mass is 10.1. The molecule has 0 bridgehead atoms. The lowest BCUT2D eigenvalue weighted by molar-refractivity contribution is -0.121. The molecule has 1 amide bonds. The molecule has 0 fully saturated rings. The summed E-state index contributed by atoms with van der Waals surface area (Å²) in [6, 6.07) is 5.13. The number of nitrogens with zero attached hydrogens (tertiary/aromatic N) is 1. The minimum absolute atomic E-state index is 0.0459. The third-order valence-corrected chi connectivity index (χ3v) is 3.68. The van der Waals surface area contributed by atoms with Crippen LogP contribution in [-0.2, 0) is 4.79 Å². The molecule has 1 aromatic carbocycles. The molecule has 1 atom stereocenters. The summed E-state index contributed by atoms with van der Waals surface area (Å²) in [6.07, 6.45) is 0.898. The summed E-state index contributed by atoms with van der Waals surface area (Å²) in [5.74, 6) is 0.905. The highest BCUT2D eigenvalue weighted by Crippen LogP contribution is 2.33. The number of carbonyl (C=O) groups excluding carboxylic acids is 2. The van der Waals surface area contributed by atoms with Crippen LogP contribution in [0.25, 0.3) is 0 Å². The van der Waals surface area contributed by atoms with Gasteiger partial charge in [0.2, 0.25) is 0 Å². The molecule has 2 rings (SSSR count). The van der Waals surface area contributed by atoms with Gasteiger partial charge in [0.1, 0.15) is 5.75 Å². The third kappa shape index (κ3) is 3.56. The molecule has 0 saturated heterocycles. The van der Waals surface area contributed by atoms with Gasteiger partial charge in [-0.25, -0.2) is 0 Å². The second-order valence-electron chi connectivity index (χ2n) is 5.68. The molecule has 0 aliphatic carbocycles. The van der Waals surface area contributed by atoms with Gasteiger partial charge < -0.3 is 9.64 Å². The standard InChI is InChI=1S/C16H20ClNO3/c1-10(2)6-7-18-13-8-12(16(20)11(3)17)4-5-14(13)21-9-15(18)19/h4-5,8,10-11H,6-7,9H2,1-3H3. The van der Waals surface area contributed by atoms with Gasteiger partial charge in [-0.15, -0.1) is 11.6 Å². The molecule has 21 heavy (non-hydrogen) atoms. The predicted octanol–water partition coefficient (Wildman–Crippen LogP) is 3.27. The molecular weight excluding hydrogens is 290 g/mol. The smallest absolute Gasteiger partial charge is 0.265 e. The first kappa shape index (κ1) is 15.8. The van der Waals surface area contributed by atoms with Crippen LogP contribution in [0.15, 0.2) is 18.2 Å². The van der Waals surface area contributed by atoms with Gasteiger partial charge in [0.25, 0.3) is 5.91 Å². The number of Topliss-reactive ketones (excluding diaryl/α,β-unsaturated/α-hetero) is 1. The van der Waals surface area contributed by atoms with Gasteiger partial charge in [0, 0.05) is 12.1 Å². The van der Waals surface area contributed by atoms with Crippen LogP contribution in [0.4, 0.5) is 5.69 Å². The maximum absolute atomic E-state index is 12.1. The number of halogens is 1. The van der Waals surface area contributed by atoms with Crippen molar-refractivity contribution in [2.75, 3.05) is 18.1 Å². The number of anilines is 1. The summed E-state index contributed by atoms with van der Waals surface area (Å²) in [5, 5.41) is -0.590. The van der Waals surface area contributed by atoms with Crippen molar-refractivity contribution in [2.24, 2.45) is 5.92 Å². The van der Waals surface area contributed by atoms with Gasteiger partial charge in [-0.1, -0.05) is 13.8 Å².